The molecule has 1 saturated heterocycles. The van der Waals surface area contributed by atoms with E-state index in [0.717, 1.165) is 24.3 Å². The number of hydrogen-bond acceptors (Lipinski definition) is 5. The maximum Gasteiger partial charge on any atom is 0.262 e. The van der Waals surface area contributed by atoms with Crippen molar-refractivity contribution >= 4 is 17.7 Å². The Morgan fingerprint density at radius 2 is 2.00 bits per heavy atom. The number of ether oxygens (including phenoxy) is 2. The van der Waals surface area contributed by atoms with Crippen LogP contribution in [0, 0.1) is 11.3 Å². The van der Waals surface area contributed by atoms with Gasteiger partial charge in [0, 0.05) is 37.0 Å². The molecule has 6 nitrogen and oxygen atoms in total. The number of hydrogen-bond donors (Lipinski definition) is 1. The molecule has 0 atom stereocenters. The lowest BCUT2D eigenvalue weighted by atomic mass is 10.1. The first-order valence-corrected chi connectivity index (χ1v) is 9.16. The third-order valence-electron chi connectivity index (χ3n) is 4.55. The van der Waals surface area contributed by atoms with E-state index in [1.165, 1.54) is 0 Å². The molecule has 1 aliphatic heterocycles. The largest absolute Gasteiger partial charge is 0.496 e. The van der Waals surface area contributed by atoms with Gasteiger partial charge >= 0.3 is 0 Å². The molecule has 28 heavy (non-hydrogen) atoms. The van der Waals surface area contributed by atoms with Crippen LogP contribution < -0.4 is 15.0 Å². The third kappa shape index (κ3) is 4.90. The Labute approximate surface area is 165 Å². The quantitative estimate of drug-likeness (QED) is 0.619. The van der Waals surface area contributed by atoms with E-state index in [9.17, 15) is 10.1 Å². The molecule has 0 aromatic heterocycles. The van der Waals surface area contributed by atoms with Crippen LogP contribution in [-0.2, 0) is 16.1 Å². The van der Waals surface area contributed by atoms with Gasteiger partial charge < -0.3 is 19.7 Å². The number of rotatable bonds is 6. The van der Waals surface area contributed by atoms with Gasteiger partial charge in [0.05, 0.1) is 20.3 Å². The monoisotopic (exact) mass is 377 g/mol. The van der Waals surface area contributed by atoms with Gasteiger partial charge in [0.1, 0.15) is 17.4 Å². The molecular weight excluding hydrogens is 354 g/mol. The van der Waals surface area contributed by atoms with E-state index in [1.54, 1.807) is 13.2 Å². The summed E-state index contributed by atoms with van der Waals surface area (Å²) in [5.74, 6) is 0.207. The van der Waals surface area contributed by atoms with Crippen molar-refractivity contribution in [2.75, 3.05) is 38.3 Å². The fraction of sp³-hybridized carbons (Fsp3) is 0.273. The molecule has 2 aromatic rings. The van der Waals surface area contributed by atoms with E-state index in [-0.39, 0.29) is 5.57 Å². The second-order valence-electron chi connectivity index (χ2n) is 6.36. The smallest absolute Gasteiger partial charge is 0.262 e. The summed E-state index contributed by atoms with van der Waals surface area (Å²) < 4.78 is 10.9. The summed E-state index contributed by atoms with van der Waals surface area (Å²) in [5, 5.41) is 12.2. The van der Waals surface area contributed by atoms with E-state index in [0.29, 0.717) is 31.1 Å². The second-order valence-corrected chi connectivity index (χ2v) is 6.36. The number of benzene rings is 2. The highest BCUT2D eigenvalue weighted by Gasteiger charge is 2.15. The van der Waals surface area contributed by atoms with Crippen LogP contribution in [0.4, 0.5) is 5.69 Å². The average Bonchev–Trinajstić information content (AvgIpc) is 2.77. The lowest BCUT2D eigenvalue weighted by Gasteiger charge is -2.29. The fourth-order valence-corrected chi connectivity index (χ4v) is 3.01. The average molecular weight is 377 g/mol. The number of nitrogens with one attached hydrogen (secondary N) is 1. The van der Waals surface area contributed by atoms with Crippen LogP contribution in [0.2, 0.25) is 0 Å². The van der Waals surface area contributed by atoms with Crippen LogP contribution in [0.25, 0.3) is 6.08 Å². The fourth-order valence-electron chi connectivity index (χ4n) is 3.01. The topological polar surface area (TPSA) is 74.6 Å². The minimum absolute atomic E-state index is 0.0355. The summed E-state index contributed by atoms with van der Waals surface area (Å²) in [5.41, 5.74) is 2.73. The minimum Gasteiger partial charge on any atom is -0.496 e. The molecule has 1 aliphatic rings. The van der Waals surface area contributed by atoms with E-state index < -0.39 is 5.91 Å². The number of carbonyl (C=O) groups excluding carboxylic acids is 1. The number of nitriles is 1. The highest BCUT2D eigenvalue weighted by atomic mass is 16.5. The number of morpholine rings is 1. The lowest BCUT2D eigenvalue weighted by molar-refractivity contribution is -0.117. The van der Waals surface area contributed by atoms with Gasteiger partial charge in [-0.25, -0.2) is 0 Å². The number of methoxy groups -OCH3 is 1. The summed E-state index contributed by atoms with van der Waals surface area (Å²) in [7, 11) is 1.58. The maximum absolute atomic E-state index is 12.4. The van der Waals surface area contributed by atoms with E-state index in [2.05, 4.69) is 10.2 Å². The Hall–Kier alpha value is -3.30. The summed E-state index contributed by atoms with van der Waals surface area (Å²) in [6.45, 7) is 3.41. The molecule has 0 saturated carbocycles. The van der Waals surface area contributed by atoms with Crippen molar-refractivity contribution in [3.63, 3.8) is 0 Å². The molecular formula is C22H23N3O3. The van der Waals surface area contributed by atoms with Gasteiger partial charge in [0.15, 0.2) is 0 Å². The van der Waals surface area contributed by atoms with Crippen molar-refractivity contribution in [1.82, 2.24) is 5.32 Å². The number of carbonyl (C=O) groups is 1. The molecule has 1 amide bonds. The molecule has 2 aromatic carbocycles. The number of anilines is 1. The van der Waals surface area contributed by atoms with Crippen LogP contribution in [0.15, 0.2) is 54.1 Å². The van der Waals surface area contributed by atoms with Crippen LogP contribution in [0.5, 0.6) is 5.75 Å². The zero-order chi connectivity index (χ0) is 19.8. The predicted octanol–water partition coefficient (Wildman–Crippen LogP) is 2.76. The van der Waals surface area contributed by atoms with Crippen molar-refractivity contribution in [3.8, 4) is 11.8 Å². The normalized spacial score (nSPS) is 14.3. The van der Waals surface area contributed by atoms with Crippen LogP contribution in [0.1, 0.15) is 11.1 Å². The summed E-state index contributed by atoms with van der Waals surface area (Å²) >= 11 is 0. The second kappa shape index (κ2) is 9.58. The molecule has 1 heterocycles. The van der Waals surface area contributed by atoms with Crippen molar-refractivity contribution in [1.29, 1.82) is 5.26 Å². The molecule has 3 rings (SSSR count). The first kappa shape index (κ1) is 19.5. The first-order valence-electron chi connectivity index (χ1n) is 9.16. The SMILES string of the molecule is COc1cc(N2CCOCC2)ccc1/C=C(/C#N)C(=O)NCc1ccccc1. The molecule has 1 N–H and O–H groups in total. The molecule has 0 radical (unpaired) electrons. The van der Waals surface area contributed by atoms with E-state index in [4.69, 9.17) is 9.47 Å². The molecule has 6 heteroatoms. The van der Waals surface area contributed by atoms with Crippen LogP contribution in [-0.4, -0.2) is 39.3 Å². The first-order chi connectivity index (χ1) is 13.7. The Kier molecular flexibility index (Phi) is 6.66. The summed E-state index contributed by atoms with van der Waals surface area (Å²) in [6, 6.07) is 17.3. The maximum atomic E-state index is 12.4. The number of amides is 1. The van der Waals surface area contributed by atoms with Gasteiger partial charge in [-0.3, -0.25) is 4.79 Å². The Balaban J connectivity index is 1.75. The van der Waals surface area contributed by atoms with Crippen molar-refractivity contribution < 1.29 is 14.3 Å². The zero-order valence-electron chi connectivity index (χ0n) is 15.9. The van der Waals surface area contributed by atoms with Gasteiger partial charge in [-0.05, 0) is 23.8 Å². The van der Waals surface area contributed by atoms with Gasteiger partial charge in [0.2, 0.25) is 0 Å². The van der Waals surface area contributed by atoms with Gasteiger partial charge in [-0.1, -0.05) is 30.3 Å². The molecule has 0 unspecified atom stereocenters. The van der Waals surface area contributed by atoms with Gasteiger partial charge in [0.25, 0.3) is 5.91 Å². The van der Waals surface area contributed by atoms with Gasteiger partial charge in [-0.2, -0.15) is 5.26 Å². The van der Waals surface area contributed by atoms with Crippen molar-refractivity contribution in [3.05, 3.63) is 65.2 Å². The molecule has 144 valence electrons. The third-order valence-corrected chi connectivity index (χ3v) is 4.55. The van der Waals surface area contributed by atoms with Crippen LogP contribution in [0.3, 0.4) is 0 Å². The summed E-state index contributed by atoms with van der Waals surface area (Å²) in [6.07, 6.45) is 1.56. The van der Waals surface area contributed by atoms with E-state index in [1.807, 2.05) is 54.6 Å². The highest BCUT2D eigenvalue weighted by molar-refractivity contribution is 6.02. The Morgan fingerprint density at radius 1 is 1.25 bits per heavy atom. The lowest BCUT2D eigenvalue weighted by Crippen LogP contribution is -2.36. The zero-order valence-corrected chi connectivity index (χ0v) is 15.9. The standard InChI is InChI=1S/C22H23N3O3/c1-27-21-14-20(25-9-11-28-12-10-25)8-7-18(21)13-19(15-23)22(26)24-16-17-5-3-2-4-6-17/h2-8,13-14H,9-12,16H2,1H3,(H,24,26)/b19-13-. The summed E-state index contributed by atoms with van der Waals surface area (Å²) in [4.78, 5) is 14.6. The predicted molar refractivity (Wildman–Crippen MR) is 108 cm³/mol. The molecule has 1 fully saturated rings. The molecule has 0 bridgehead atoms. The Morgan fingerprint density at radius 3 is 2.68 bits per heavy atom. The van der Waals surface area contributed by atoms with Crippen molar-refractivity contribution in [2.45, 2.75) is 6.54 Å². The Bertz CT molecular complexity index is 882. The minimum atomic E-state index is -0.411. The molecule has 0 aliphatic carbocycles. The van der Waals surface area contributed by atoms with Crippen molar-refractivity contribution in [2.24, 2.45) is 0 Å². The molecule has 0 spiro atoms. The number of nitrogens with zero attached hydrogens (tertiary/aromatic N) is 2. The van der Waals surface area contributed by atoms with Crippen LogP contribution >= 0.6 is 0 Å². The van der Waals surface area contributed by atoms with E-state index >= 15 is 0 Å². The van der Waals surface area contributed by atoms with Gasteiger partial charge in [-0.15, -0.1) is 0 Å². The highest BCUT2D eigenvalue weighted by Crippen LogP contribution is 2.28.